The van der Waals surface area contributed by atoms with Crippen LogP contribution in [0, 0.1) is 22.7 Å². The average Bonchev–Trinajstić information content (AvgIpc) is 2.46. The van der Waals surface area contributed by atoms with Crippen LogP contribution in [0.5, 0.6) is 0 Å². The monoisotopic (exact) mass is 320 g/mol. The fourth-order valence-electron chi connectivity index (χ4n) is 5.65. The lowest BCUT2D eigenvalue weighted by atomic mass is 9.60. The van der Waals surface area contributed by atoms with Gasteiger partial charge in [-0.15, -0.1) is 0 Å². The van der Waals surface area contributed by atoms with Gasteiger partial charge in [0.25, 0.3) is 0 Å². The molecule has 0 spiro atoms. The number of ether oxygens (including phenoxy) is 1. The number of hydrogen-bond acceptors (Lipinski definition) is 2. The summed E-state index contributed by atoms with van der Waals surface area (Å²) in [5.41, 5.74) is 3.53. The maximum Gasteiger partial charge on any atom is 0.0753 e. The van der Waals surface area contributed by atoms with Crippen LogP contribution in [0.3, 0.4) is 0 Å². The molecule has 23 heavy (non-hydrogen) atoms. The molecular formula is C21H36O2. The van der Waals surface area contributed by atoms with E-state index < -0.39 is 0 Å². The van der Waals surface area contributed by atoms with Gasteiger partial charge in [0.05, 0.1) is 18.8 Å². The summed E-state index contributed by atoms with van der Waals surface area (Å²) in [4.78, 5) is 0. The van der Waals surface area contributed by atoms with E-state index in [1.54, 1.807) is 5.57 Å². The van der Waals surface area contributed by atoms with Crippen molar-refractivity contribution in [3.63, 3.8) is 0 Å². The highest BCUT2D eigenvalue weighted by molar-refractivity contribution is 5.27. The predicted octanol–water partition coefficient (Wildman–Crippen LogP) is 5.11. The van der Waals surface area contributed by atoms with Crippen molar-refractivity contribution in [2.45, 2.75) is 91.8 Å². The highest BCUT2D eigenvalue weighted by Crippen LogP contribution is 2.52. The Hall–Kier alpha value is -0.340. The van der Waals surface area contributed by atoms with Gasteiger partial charge in [0.2, 0.25) is 0 Å². The molecule has 0 radical (unpaired) electrons. The third-order valence-electron chi connectivity index (χ3n) is 7.59. The van der Waals surface area contributed by atoms with Crippen LogP contribution in [0.15, 0.2) is 11.1 Å². The Morgan fingerprint density at radius 1 is 1.26 bits per heavy atom. The molecule has 0 amide bonds. The first-order valence-electron chi connectivity index (χ1n) is 9.76. The lowest BCUT2D eigenvalue weighted by Gasteiger charge is -2.49. The molecule has 0 aromatic heterocycles. The van der Waals surface area contributed by atoms with E-state index in [4.69, 9.17) is 4.74 Å². The first kappa shape index (κ1) is 17.5. The Morgan fingerprint density at radius 2 is 2.00 bits per heavy atom. The highest BCUT2D eigenvalue weighted by atomic mass is 16.5. The van der Waals surface area contributed by atoms with Crippen LogP contribution in [-0.4, -0.2) is 23.9 Å². The van der Waals surface area contributed by atoms with Crippen molar-refractivity contribution >= 4 is 0 Å². The summed E-state index contributed by atoms with van der Waals surface area (Å²) >= 11 is 0. The Kier molecular flexibility index (Phi) is 4.70. The normalized spacial score (nSPS) is 43.0. The fourth-order valence-corrected chi connectivity index (χ4v) is 5.65. The molecule has 1 heterocycles. The molecule has 132 valence electrons. The van der Waals surface area contributed by atoms with E-state index in [1.807, 2.05) is 0 Å². The standard InChI is InChI=1S/C21H36O2/c1-6-16-11-18(22)14(2)17(20(16,3)4)7-9-21(5)10-8-19-15(12-21)13-23-19/h15-16,18-19,22H,6-13H2,1-5H3/t15?,16?,18?,19-,21-/m1/s1. The molecule has 0 aromatic rings. The zero-order chi connectivity index (χ0) is 16.8. The molecule has 1 aliphatic heterocycles. The minimum absolute atomic E-state index is 0.216. The average molecular weight is 321 g/mol. The second-order valence-corrected chi connectivity index (χ2v) is 9.43. The number of rotatable bonds is 4. The Balaban J connectivity index is 1.71. The fraction of sp³-hybridized carbons (Fsp3) is 0.905. The van der Waals surface area contributed by atoms with Gasteiger partial charge in [-0.3, -0.25) is 0 Å². The summed E-state index contributed by atoms with van der Waals surface area (Å²) < 4.78 is 5.67. The Labute approximate surface area is 142 Å². The van der Waals surface area contributed by atoms with Gasteiger partial charge in [0, 0.05) is 5.92 Å². The minimum Gasteiger partial charge on any atom is -0.389 e. The molecule has 2 heteroatoms. The van der Waals surface area contributed by atoms with Gasteiger partial charge in [0.15, 0.2) is 0 Å². The summed E-state index contributed by atoms with van der Waals surface area (Å²) in [5.74, 6) is 1.43. The van der Waals surface area contributed by atoms with Crippen LogP contribution in [-0.2, 0) is 4.74 Å². The molecule has 1 saturated carbocycles. The molecule has 3 aliphatic rings. The number of aliphatic hydroxyl groups is 1. The maximum atomic E-state index is 10.5. The van der Waals surface area contributed by atoms with Crippen molar-refractivity contribution in [1.82, 2.24) is 0 Å². The SMILES string of the molecule is CCC1CC(O)C(C)=C(CC[C@]2(C)CC[C@H]3OCC3C2)C1(C)C. The maximum absolute atomic E-state index is 10.5. The van der Waals surface area contributed by atoms with Gasteiger partial charge in [-0.1, -0.05) is 39.7 Å². The van der Waals surface area contributed by atoms with E-state index in [9.17, 15) is 5.11 Å². The molecule has 5 atom stereocenters. The van der Waals surface area contributed by atoms with Gasteiger partial charge in [-0.25, -0.2) is 0 Å². The van der Waals surface area contributed by atoms with Crippen molar-refractivity contribution in [2.24, 2.45) is 22.7 Å². The van der Waals surface area contributed by atoms with E-state index in [0.717, 1.165) is 18.9 Å². The van der Waals surface area contributed by atoms with Gasteiger partial charge in [-0.05, 0) is 67.8 Å². The van der Waals surface area contributed by atoms with Crippen LogP contribution in [0.2, 0.25) is 0 Å². The van der Waals surface area contributed by atoms with Crippen LogP contribution < -0.4 is 0 Å². The quantitative estimate of drug-likeness (QED) is 0.730. The van der Waals surface area contributed by atoms with E-state index in [1.165, 1.54) is 44.1 Å². The molecule has 1 N–H and O–H groups in total. The third kappa shape index (κ3) is 3.14. The van der Waals surface area contributed by atoms with Crippen molar-refractivity contribution < 1.29 is 9.84 Å². The highest BCUT2D eigenvalue weighted by Gasteiger charge is 2.44. The van der Waals surface area contributed by atoms with E-state index in [0.29, 0.717) is 17.4 Å². The third-order valence-corrected chi connectivity index (χ3v) is 7.59. The topological polar surface area (TPSA) is 29.5 Å². The summed E-state index contributed by atoms with van der Waals surface area (Å²) in [6, 6.07) is 0. The summed E-state index contributed by atoms with van der Waals surface area (Å²) in [6.45, 7) is 12.7. The van der Waals surface area contributed by atoms with Crippen molar-refractivity contribution in [1.29, 1.82) is 0 Å². The largest absolute Gasteiger partial charge is 0.389 e. The summed E-state index contributed by atoms with van der Waals surface area (Å²) in [7, 11) is 0. The van der Waals surface area contributed by atoms with Crippen LogP contribution >= 0.6 is 0 Å². The number of hydrogen-bond donors (Lipinski definition) is 1. The van der Waals surface area contributed by atoms with E-state index in [2.05, 4.69) is 34.6 Å². The van der Waals surface area contributed by atoms with Crippen LogP contribution in [0.1, 0.15) is 79.6 Å². The zero-order valence-corrected chi connectivity index (χ0v) is 15.8. The summed E-state index contributed by atoms with van der Waals surface area (Å²) in [5, 5.41) is 10.5. The molecule has 2 nitrogen and oxygen atoms in total. The lowest BCUT2D eigenvalue weighted by Crippen LogP contribution is -2.47. The molecule has 3 unspecified atom stereocenters. The summed E-state index contributed by atoms with van der Waals surface area (Å²) in [6.07, 6.45) is 8.80. The van der Waals surface area contributed by atoms with E-state index in [-0.39, 0.29) is 11.5 Å². The van der Waals surface area contributed by atoms with Crippen molar-refractivity contribution in [2.75, 3.05) is 6.61 Å². The number of aliphatic hydroxyl groups excluding tert-OH is 1. The molecule has 2 aliphatic carbocycles. The van der Waals surface area contributed by atoms with Gasteiger partial charge < -0.3 is 9.84 Å². The lowest BCUT2D eigenvalue weighted by molar-refractivity contribution is -0.157. The molecule has 3 rings (SSSR count). The minimum atomic E-state index is -0.216. The molecule has 2 fully saturated rings. The molecule has 0 bridgehead atoms. The van der Waals surface area contributed by atoms with Crippen molar-refractivity contribution in [3.8, 4) is 0 Å². The second-order valence-electron chi connectivity index (χ2n) is 9.43. The predicted molar refractivity (Wildman–Crippen MR) is 95.3 cm³/mol. The van der Waals surface area contributed by atoms with Gasteiger partial charge >= 0.3 is 0 Å². The van der Waals surface area contributed by atoms with Gasteiger partial charge in [-0.2, -0.15) is 0 Å². The first-order chi connectivity index (χ1) is 10.8. The number of allylic oxidation sites excluding steroid dienone is 1. The molecular weight excluding hydrogens is 284 g/mol. The van der Waals surface area contributed by atoms with Crippen molar-refractivity contribution in [3.05, 3.63) is 11.1 Å². The molecule has 0 aromatic carbocycles. The van der Waals surface area contributed by atoms with Crippen LogP contribution in [0.4, 0.5) is 0 Å². The van der Waals surface area contributed by atoms with E-state index >= 15 is 0 Å². The molecule has 1 saturated heterocycles. The van der Waals surface area contributed by atoms with Gasteiger partial charge in [0.1, 0.15) is 0 Å². The Morgan fingerprint density at radius 3 is 2.57 bits per heavy atom. The van der Waals surface area contributed by atoms with Crippen LogP contribution in [0.25, 0.3) is 0 Å². The second kappa shape index (κ2) is 6.19. The smallest absolute Gasteiger partial charge is 0.0753 e. The number of fused-ring (bicyclic) bond motifs is 1. The Bertz CT molecular complexity index is 478. The zero-order valence-electron chi connectivity index (χ0n) is 15.8. The first-order valence-corrected chi connectivity index (χ1v) is 9.76.